The lowest BCUT2D eigenvalue weighted by Gasteiger charge is -2.07. The Morgan fingerprint density at radius 2 is 1.73 bits per heavy atom. The number of hydrogen-bond donors (Lipinski definition) is 3. The Kier molecular flexibility index (Phi) is 5.32. The van der Waals surface area contributed by atoms with E-state index in [-0.39, 0.29) is 16.7 Å². The first-order chi connectivity index (χ1) is 16.0. The summed E-state index contributed by atoms with van der Waals surface area (Å²) in [5.74, 6) is -0.103. The second-order valence-corrected chi connectivity index (χ2v) is 9.62. The molecule has 164 valence electrons. The fourth-order valence-corrected chi connectivity index (χ4v) is 4.93. The Balaban J connectivity index is 1.32. The molecule has 2 aromatic heterocycles. The van der Waals surface area contributed by atoms with Crippen LogP contribution < -0.4 is 10.0 Å². The third-order valence-electron chi connectivity index (χ3n) is 4.69. The normalized spacial score (nSPS) is 13.8. The van der Waals surface area contributed by atoms with Gasteiger partial charge in [0.15, 0.2) is 5.13 Å². The minimum atomic E-state index is -3.82. The van der Waals surface area contributed by atoms with E-state index in [1.54, 1.807) is 24.4 Å². The number of fused-ring (bicyclic) bond motifs is 1. The average molecular weight is 477 g/mol. The van der Waals surface area contributed by atoms with E-state index in [0.29, 0.717) is 15.7 Å². The third-order valence-corrected chi connectivity index (χ3v) is 6.94. The number of anilines is 3. The number of aromatic nitrogens is 3. The van der Waals surface area contributed by atoms with Gasteiger partial charge in [-0.2, -0.15) is 4.98 Å². The summed E-state index contributed by atoms with van der Waals surface area (Å²) in [6.07, 6.45) is 6.48. The van der Waals surface area contributed by atoms with Crippen LogP contribution in [0.15, 0.2) is 76.9 Å². The molecule has 0 amide bonds. The zero-order chi connectivity index (χ0) is 22.8. The maximum absolute atomic E-state index is 12.5. The molecule has 0 aliphatic carbocycles. The van der Waals surface area contributed by atoms with E-state index < -0.39 is 10.0 Å². The van der Waals surface area contributed by atoms with Gasteiger partial charge in [0, 0.05) is 35.4 Å². The fraction of sp³-hybridized carbons (Fsp3) is 0. The van der Waals surface area contributed by atoms with E-state index >= 15 is 0 Å². The van der Waals surface area contributed by atoms with Gasteiger partial charge in [-0.3, -0.25) is 4.99 Å². The Morgan fingerprint density at radius 1 is 0.970 bits per heavy atom. The molecular weight excluding hydrogens is 460 g/mol. The standard InChI is InChI=1S/C22H16N6O3S2/c29-20-19(12-14-13-25-18-5-2-1-4-17(14)18)32-22(27-20)26-15-6-8-16(9-7-15)33(30,31)28-21-23-10-3-11-24-21/h1-13,29H,(H,26,27)(H,23,24,28)/b14-12+. The number of benzene rings is 2. The highest BCUT2D eigenvalue weighted by molar-refractivity contribution is 7.92. The summed E-state index contributed by atoms with van der Waals surface area (Å²) in [6.45, 7) is 0. The van der Waals surface area contributed by atoms with Gasteiger partial charge >= 0.3 is 0 Å². The Labute approximate surface area is 193 Å². The molecule has 3 N–H and O–H groups in total. The minimum absolute atomic E-state index is 0.00505. The molecule has 1 aliphatic rings. The van der Waals surface area contributed by atoms with E-state index in [1.807, 2.05) is 30.3 Å². The van der Waals surface area contributed by atoms with Gasteiger partial charge in [-0.15, -0.1) is 0 Å². The first-order valence-electron chi connectivity index (χ1n) is 9.70. The molecule has 9 nitrogen and oxygen atoms in total. The Morgan fingerprint density at radius 3 is 2.52 bits per heavy atom. The molecule has 0 spiro atoms. The van der Waals surface area contributed by atoms with Gasteiger partial charge in [-0.05, 0) is 42.5 Å². The SMILES string of the molecule is O=S(=O)(Nc1ncccn1)c1ccc(Nc2nc(O)c(/C=C3\C=Nc4ccccc43)s2)cc1. The van der Waals surface area contributed by atoms with Crippen molar-refractivity contribution >= 4 is 61.7 Å². The number of hydrogen-bond acceptors (Lipinski definition) is 9. The van der Waals surface area contributed by atoms with Gasteiger partial charge in [0.1, 0.15) is 0 Å². The molecule has 0 fully saturated rings. The van der Waals surface area contributed by atoms with E-state index in [4.69, 9.17) is 0 Å². The van der Waals surface area contributed by atoms with Crippen molar-refractivity contribution in [3.8, 4) is 5.88 Å². The van der Waals surface area contributed by atoms with Crippen molar-refractivity contribution in [1.29, 1.82) is 0 Å². The highest BCUT2D eigenvalue weighted by Gasteiger charge is 2.17. The van der Waals surface area contributed by atoms with E-state index in [0.717, 1.165) is 16.8 Å². The predicted octanol–water partition coefficient (Wildman–Crippen LogP) is 4.44. The number of rotatable bonds is 6. The molecule has 0 radical (unpaired) electrons. The zero-order valence-corrected chi connectivity index (χ0v) is 18.5. The van der Waals surface area contributed by atoms with Gasteiger partial charge < -0.3 is 10.4 Å². The van der Waals surface area contributed by atoms with E-state index in [1.165, 1.54) is 35.9 Å². The van der Waals surface area contributed by atoms with Crippen LogP contribution in [0.2, 0.25) is 0 Å². The summed E-state index contributed by atoms with van der Waals surface area (Å²) < 4.78 is 27.3. The quantitative estimate of drug-likeness (QED) is 0.375. The molecule has 0 atom stereocenters. The molecule has 0 bridgehead atoms. The smallest absolute Gasteiger partial charge is 0.264 e. The summed E-state index contributed by atoms with van der Waals surface area (Å²) in [7, 11) is -3.82. The van der Waals surface area contributed by atoms with E-state index in [2.05, 4.69) is 30.0 Å². The van der Waals surface area contributed by atoms with Crippen molar-refractivity contribution in [2.24, 2.45) is 4.99 Å². The van der Waals surface area contributed by atoms with Gasteiger partial charge in [-0.25, -0.2) is 23.1 Å². The Bertz CT molecular complexity index is 1480. The van der Waals surface area contributed by atoms with Crippen molar-refractivity contribution in [3.63, 3.8) is 0 Å². The van der Waals surface area contributed by atoms with Crippen LogP contribution in [0.4, 0.5) is 22.5 Å². The molecule has 33 heavy (non-hydrogen) atoms. The molecule has 0 saturated heterocycles. The maximum Gasteiger partial charge on any atom is 0.264 e. The highest BCUT2D eigenvalue weighted by Crippen LogP contribution is 2.37. The second-order valence-electron chi connectivity index (χ2n) is 6.91. The van der Waals surface area contributed by atoms with Crippen molar-refractivity contribution in [2.45, 2.75) is 4.90 Å². The van der Waals surface area contributed by atoms with Crippen molar-refractivity contribution in [2.75, 3.05) is 10.0 Å². The number of nitrogens with one attached hydrogen (secondary N) is 2. The fourth-order valence-electron chi connectivity index (χ4n) is 3.14. The van der Waals surface area contributed by atoms with Crippen molar-refractivity contribution in [3.05, 3.63) is 77.4 Å². The van der Waals surface area contributed by atoms with E-state index in [9.17, 15) is 13.5 Å². The second kappa shape index (κ2) is 8.45. The number of aliphatic imine (C=N–C) groups is 1. The zero-order valence-electron chi connectivity index (χ0n) is 16.9. The van der Waals surface area contributed by atoms with Crippen LogP contribution >= 0.6 is 11.3 Å². The minimum Gasteiger partial charge on any atom is -0.492 e. The van der Waals surface area contributed by atoms with Crippen molar-refractivity contribution in [1.82, 2.24) is 15.0 Å². The third kappa shape index (κ3) is 4.45. The number of aromatic hydroxyl groups is 1. The number of sulfonamides is 1. The molecule has 11 heteroatoms. The summed E-state index contributed by atoms with van der Waals surface area (Å²) in [6, 6.07) is 15.5. The first kappa shape index (κ1) is 20.8. The molecule has 5 rings (SSSR count). The topological polar surface area (TPSA) is 129 Å². The van der Waals surface area contributed by atoms with Crippen LogP contribution in [0.1, 0.15) is 10.4 Å². The summed E-state index contributed by atoms with van der Waals surface area (Å²) in [4.78, 5) is 16.9. The molecular formula is C22H16N6O3S2. The predicted molar refractivity (Wildman–Crippen MR) is 129 cm³/mol. The number of allylic oxidation sites excluding steroid dienone is 1. The number of thiazole rings is 1. The first-order valence-corrected chi connectivity index (χ1v) is 12.0. The van der Waals surface area contributed by atoms with Crippen LogP contribution in [0, 0.1) is 0 Å². The average Bonchev–Trinajstić information content (AvgIpc) is 3.38. The molecule has 2 aromatic carbocycles. The van der Waals surface area contributed by atoms with Gasteiger partial charge in [0.2, 0.25) is 11.8 Å². The summed E-state index contributed by atoms with van der Waals surface area (Å²) >= 11 is 1.27. The van der Waals surface area contributed by atoms with Crippen LogP contribution in [-0.2, 0) is 10.0 Å². The monoisotopic (exact) mass is 476 g/mol. The summed E-state index contributed by atoms with van der Waals surface area (Å²) in [5, 5.41) is 13.8. The van der Waals surface area contributed by atoms with Crippen LogP contribution in [0.3, 0.4) is 0 Å². The van der Waals surface area contributed by atoms with Gasteiger partial charge in [0.25, 0.3) is 10.0 Å². The number of nitrogens with zero attached hydrogens (tertiary/aromatic N) is 4. The number of para-hydroxylation sites is 1. The summed E-state index contributed by atoms with van der Waals surface area (Å²) in [5.41, 5.74) is 3.38. The Hall–Kier alpha value is -4.09. The van der Waals surface area contributed by atoms with Gasteiger partial charge in [-0.1, -0.05) is 29.5 Å². The molecule has 4 aromatic rings. The van der Waals surface area contributed by atoms with Crippen LogP contribution in [-0.4, -0.2) is 34.7 Å². The molecule has 0 saturated carbocycles. The van der Waals surface area contributed by atoms with Gasteiger partial charge in [0.05, 0.1) is 15.5 Å². The lowest BCUT2D eigenvalue weighted by Crippen LogP contribution is -2.14. The van der Waals surface area contributed by atoms with Crippen LogP contribution in [0.25, 0.3) is 11.6 Å². The lowest BCUT2D eigenvalue weighted by molar-refractivity contribution is 0.457. The largest absolute Gasteiger partial charge is 0.492 e. The van der Waals surface area contributed by atoms with Crippen molar-refractivity contribution < 1.29 is 13.5 Å². The molecule has 3 heterocycles. The molecule has 1 aliphatic heterocycles. The van der Waals surface area contributed by atoms with Crippen LogP contribution in [0.5, 0.6) is 5.88 Å². The lowest BCUT2D eigenvalue weighted by atomic mass is 10.1. The molecule has 0 unspecified atom stereocenters. The maximum atomic E-state index is 12.5. The highest BCUT2D eigenvalue weighted by atomic mass is 32.2.